The molecule has 0 spiro atoms. The summed E-state index contributed by atoms with van der Waals surface area (Å²) in [6.45, 7) is 4.70. The van der Waals surface area contributed by atoms with Gasteiger partial charge in [-0.05, 0) is 67.4 Å². The summed E-state index contributed by atoms with van der Waals surface area (Å²) in [5.41, 5.74) is 1.05. The van der Waals surface area contributed by atoms with Crippen LogP contribution in [0.25, 0.3) is 10.1 Å². The number of carbonyl (C=O) groups excluding carboxylic acids is 1. The van der Waals surface area contributed by atoms with E-state index in [-0.39, 0.29) is 23.8 Å². The molecule has 3 fully saturated rings. The molecule has 2 bridgehead atoms. The van der Waals surface area contributed by atoms with Crippen LogP contribution in [0.15, 0.2) is 40.2 Å². The summed E-state index contributed by atoms with van der Waals surface area (Å²) in [5, 5.41) is 15.2. The zero-order chi connectivity index (χ0) is 22.2. The number of hydrogen-bond acceptors (Lipinski definition) is 3. The fraction of sp³-hybridized carbons (Fsp3) is 0.520. The van der Waals surface area contributed by atoms with Crippen LogP contribution in [0.4, 0.5) is 0 Å². The minimum absolute atomic E-state index is 0.0372. The van der Waals surface area contributed by atoms with Crippen molar-refractivity contribution < 1.29 is 14.7 Å². The van der Waals surface area contributed by atoms with E-state index in [2.05, 4.69) is 53.3 Å². The lowest BCUT2D eigenvalue weighted by Gasteiger charge is -2.62. The number of carboxylic acids is 1. The smallest absolute Gasteiger partial charge is 0.303 e. The van der Waals surface area contributed by atoms with Gasteiger partial charge in [-0.1, -0.05) is 48.0 Å². The quantitative estimate of drug-likeness (QED) is 0.313. The fourth-order valence-corrected chi connectivity index (χ4v) is 7.03. The minimum Gasteiger partial charge on any atom is -0.481 e. The maximum absolute atomic E-state index is 13.3. The molecule has 4 nitrogen and oxygen atoms in total. The number of amides is 1. The van der Waals surface area contributed by atoms with Gasteiger partial charge in [0, 0.05) is 32.4 Å². The molecule has 0 radical (unpaired) electrons. The van der Waals surface area contributed by atoms with Gasteiger partial charge >= 0.3 is 5.97 Å². The Balaban J connectivity index is 1.45. The van der Waals surface area contributed by atoms with E-state index in [1.54, 1.807) is 11.3 Å². The van der Waals surface area contributed by atoms with Crippen molar-refractivity contribution in [2.45, 2.75) is 58.4 Å². The molecule has 1 aromatic heterocycles. The van der Waals surface area contributed by atoms with Crippen LogP contribution in [-0.2, 0) is 4.79 Å². The number of thiophene rings is 1. The number of rotatable bonds is 8. The molecule has 2 aromatic rings. The Morgan fingerprint density at radius 2 is 2.10 bits per heavy atom. The summed E-state index contributed by atoms with van der Waals surface area (Å²) >= 11 is 5.12. The molecule has 2 N–H and O–H groups in total. The van der Waals surface area contributed by atoms with Crippen LogP contribution in [0.5, 0.6) is 0 Å². The molecule has 1 aromatic carbocycles. The number of unbranched alkanes of at least 4 members (excludes halogenated alkanes) is 1. The Morgan fingerprint density at radius 1 is 1.29 bits per heavy atom. The molecular weight excluding hydrogens is 474 g/mol. The van der Waals surface area contributed by atoms with Crippen LogP contribution in [0.1, 0.15) is 62.7 Å². The summed E-state index contributed by atoms with van der Waals surface area (Å²) in [5.74, 6) is 0.986. The van der Waals surface area contributed by atoms with Crippen molar-refractivity contribution in [1.82, 2.24) is 5.32 Å². The molecule has 0 unspecified atom stereocenters. The van der Waals surface area contributed by atoms with E-state index >= 15 is 0 Å². The third kappa shape index (κ3) is 4.61. The van der Waals surface area contributed by atoms with Crippen molar-refractivity contribution in [3.63, 3.8) is 0 Å². The highest BCUT2D eigenvalue weighted by Gasteiger charge is 2.57. The molecule has 3 aliphatic carbocycles. The monoisotopic (exact) mass is 503 g/mol. The van der Waals surface area contributed by atoms with E-state index in [1.807, 2.05) is 17.5 Å². The van der Waals surface area contributed by atoms with Crippen molar-refractivity contribution in [1.29, 1.82) is 0 Å². The second kappa shape index (κ2) is 9.07. The van der Waals surface area contributed by atoms with E-state index < -0.39 is 5.97 Å². The van der Waals surface area contributed by atoms with Crippen molar-refractivity contribution in [3.8, 4) is 0 Å². The molecular formula is C25H30BrNO3S. The zero-order valence-corrected chi connectivity index (χ0v) is 20.5. The standard InChI is InChI=1S/C25H30BrNO3S/c1-25(2)16-11-15(7-5-3-4-6-8-22(28)29)23(20(25)12-16)27-24(30)19-14-31-21-13-17(26)9-10-18(19)21/h3,5,9-10,13-16,20,23H,4,6-8,11-12H2,1-2H3,(H,27,30)(H,28,29)/b5-3-/t15-,16-,20-,23-/m0/s1. The van der Waals surface area contributed by atoms with Crippen molar-refractivity contribution in [2.75, 3.05) is 0 Å². The highest BCUT2D eigenvalue weighted by Crippen LogP contribution is 2.61. The number of fused-ring (bicyclic) bond motifs is 3. The highest BCUT2D eigenvalue weighted by atomic mass is 79.9. The Labute approximate surface area is 196 Å². The first-order valence-corrected chi connectivity index (χ1v) is 12.8. The van der Waals surface area contributed by atoms with Crippen molar-refractivity contribution in [3.05, 3.63) is 45.8 Å². The normalized spacial score (nSPS) is 26.7. The molecule has 166 valence electrons. The second-order valence-electron chi connectivity index (χ2n) is 9.64. The van der Waals surface area contributed by atoms with Gasteiger partial charge in [0.15, 0.2) is 0 Å². The van der Waals surface area contributed by atoms with Crippen molar-refractivity contribution >= 4 is 49.2 Å². The van der Waals surface area contributed by atoms with Crippen LogP contribution in [0, 0.1) is 23.2 Å². The van der Waals surface area contributed by atoms with Crippen LogP contribution in [-0.4, -0.2) is 23.0 Å². The lowest BCUT2D eigenvalue weighted by Crippen LogP contribution is -2.63. The molecule has 4 atom stereocenters. The molecule has 3 saturated carbocycles. The van der Waals surface area contributed by atoms with Crippen LogP contribution in [0.2, 0.25) is 0 Å². The summed E-state index contributed by atoms with van der Waals surface area (Å²) in [6.07, 6.45) is 9.28. The lowest BCUT2D eigenvalue weighted by atomic mass is 9.44. The number of halogens is 1. The summed E-state index contributed by atoms with van der Waals surface area (Å²) < 4.78 is 2.15. The third-order valence-electron chi connectivity index (χ3n) is 7.52. The average molecular weight is 504 g/mol. The molecule has 31 heavy (non-hydrogen) atoms. The molecule has 1 heterocycles. The number of nitrogens with one attached hydrogen (secondary N) is 1. The average Bonchev–Trinajstić information content (AvgIpc) is 3.13. The Hall–Kier alpha value is -1.66. The topological polar surface area (TPSA) is 66.4 Å². The number of carboxylic acid groups (broad SMARTS) is 1. The van der Waals surface area contributed by atoms with Crippen LogP contribution in [0.3, 0.4) is 0 Å². The number of benzene rings is 1. The first-order valence-electron chi connectivity index (χ1n) is 11.1. The largest absolute Gasteiger partial charge is 0.481 e. The Morgan fingerprint density at radius 3 is 2.84 bits per heavy atom. The summed E-state index contributed by atoms with van der Waals surface area (Å²) in [6, 6.07) is 6.26. The predicted octanol–water partition coefficient (Wildman–Crippen LogP) is 6.65. The zero-order valence-electron chi connectivity index (χ0n) is 18.1. The van der Waals surface area contributed by atoms with Gasteiger partial charge in [-0.2, -0.15) is 0 Å². The van der Waals surface area contributed by atoms with Gasteiger partial charge in [0.2, 0.25) is 0 Å². The molecule has 0 saturated heterocycles. The first kappa shape index (κ1) is 22.5. The maximum Gasteiger partial charge on any atom is 0.303 e. The molecule has 3 aliphatic rings. The van der Waals surface area contributed by atoms with Gasteiger partial charge in [0.1, 0.15) is 0 Å². The van der Waals surface area contributed by atoms with Gasteiger partial charge in [0.25, 0.3) is 5.91 Å². The van der Waals surface area contributed by atoms with Crippen molar-refractivity contribution in [2.24, 2.45) is 23.2 Å². The number of carbonyl (C=O) groups is 2. The molecule has 5 rings (SSSR count). The molecule has 6 heteroatoms. The van der Waals surface area contributed by atoms with E-state index in [0.717, 1.165) is 45.3 Å². The lowest BCUT2D eigenvalue weighted by molar-refractivity contribution is -0.137. The number of hydrogen-bond donors (Lipinski definition) is 2. The van der Waals surface area contributed by atoms with Crippen LogP contribution >= 0.6 is 27.3 Å². The van der Waals surface area contributed by atoms with E-state index in [9.17, 15) is 9.59 Å². The Kier molecular flexibility index (Phi) is 6.59. The summed E-state index contributed by atoms with van der Waals surface area (Å²) in [7, 11) is 0. The van der Waals surface area contributed by atoms with E-state index in [4.69, 9.17) is 5.11 Å². The fourth-order valence-electron chi connectivity index (χ4n) is 5.53. The van der Waals surface area contributed by atoms with Gasteiger partial charge in [-0.3, -0.25) is 9.59 Å². The summed E-state index contributed by atoms with van der Waals surface area (Å²) in [4.78, 5) is 23.9. The van der Waals surface area contributed by atoms with Gasteiger partial charge in [-0.25, -0.2) is 0 Å². The minimum atomic E-state index is -0.737. The van der Waals surface area contributed by atoms with Gasteiger partial charge in [0.05, 0.1) is 5.56 Å². The van der Waals surface area contributed by atoms with Gasteiger partial charge in [-0.15, -0.1) is 11.3 Å². The second-order valence-corrected chi connectivity index (χ2v) is 11.5. The van der Waals surface area contributed by atoms with Crippen LogP contribution < -0.4 is 5.32 Å². The highest BCUT2D eigenvalue weighted by molar-refractivity contribution is 9.10. The maximum atomic E-state index is 13.3. The predicted molar refractivity (Wildman–Crippen MR) is 130 cm³/mol. The van der Waals surface area contributed by atoms with E-state index in [1.165, 1.54) is 6.42 Å². The molecule has 0 aliphatic heterocycles. The first-order chi connectivity index (χ1) is 14.8. The number of allylic oxidation sites excluding steroid dienone is 2. The SMILES string of the molecule is CC1(C)[C@H]2C[C@H](C/C=C\CCCC(=O)O)[C@H](NC(=O)c3csc4cc(Br)ccc34)[C@@H]1C2. The van der Waals surface area contributed by atoms with Gasteiger partial charge < -0.3 is 10.4 Å². The third-order valence-corrected chi connectivity index (χ3v) is 8.96. The molecule has 1 amide bonds. The number of aliphatic carboxylic acids is 1. The van der Waals surface area contributed by atoms with E-state index in [0.29, 0.717) is 18.3 Å². The Bertz CT molecular complexity index is 1010.